The highest BCUT2D eigenvalue weighted by Gasteiger charge is 2.34. The standard InChI is InChI=1S/C31H38N2O3/c1-18(2)21-9-11-22(12-10-21)24-17-36-30-27(23-13-14-26(35-8)32-16-23)19(3)29(20(4)28(24)30)33-25(34)15-31(5,6)7/h9-14,16,18,24H,15,17H2,1-8H3,(H,33,34). The van der Waals surface area contributed by atoms with Crippen LogP contribution in [0.3, 0.4) is 0 Å². The molecule has 0 saturated heterocycles. The molecule has 3 aromatic rings. The lowest BCUT2D eigenvalue weighted by molar-refractivity contribution is -0.117. The number of benzene rings is 2. The highest BCUT2D eigenvalue weighted by molar-refractivity contribution is 5.96. The fourth-order valence-electron chi connectivity index (χ4n) is 5.06. The summed E-state index contributed by atoms with van der Waals surface area (Å²) in [5.41, 5.74) is 8.38. The Morgan fingerprint density at radius 2 is 1.81 bits per heavy atom. The Morgan fingerprint density at radius 3 is 2.36 bits per heavy atom. The third-order valence-corrected chi connectivity index (χ3v) is 6.94. The van der Waals surface area contributed by atoms with Crippen molar-refractivity contribution < 1.29 is 14.3 Å². The van der Waals surface area contributed by atoms with Gasteiger partial charge >= 0.3 is 0 Å². The maximum absolute atomic E-state index is 13.0. The van der Waals surface area contributed by atoms with Crippen LogP contribution in [0.4, 0.5) is 5.69 Å². The molecule has 1 N–H and O–H groups in total. The topological polar surface area (TPSA) is 60.5 Å². The number of nitrogens with one attached hydrogen (secondary N) is 1. The molecule has 1 aliphatic rings. The van der Waals surface area contributed by atoms with E-state index in [1.54, 1.807) is 7.11 Å². The van der Waals surface area contributed by atoms with E-state index < -0.39 is 0 Å². The lowest BCUT2D eigenvalue weighted by Gasteiger charge is -2.23. The van der Waals surface area contributed by atoms with Crippen LogP contribution in [-0.2, 0) is 4.79 Å². The Kier molecular flexibility index (Phi) is 7.12. The summed E-state index contributed by atoms with van der Waals surface area (Å²) in [7, 11) is 1.61. The van der Waals surface area contributed by atoms with Gasteiger partial charge in [-0.05, 0) is 53.5 Å². The Morgan fingerprint density at radius 1 is 1.11 bits per heavy atom. The highest BCUT2D eigenvalue weighted by atomic mass is 16.5. The maximum atomic E-state index is 13.0. The van der Waals surface area contributed by atoms with Crippen molar-refractivity contribution in [2.45, 2.75) is 66.7 Å². The van der Waals surface area contributed by atoms with Gasteiger partial charge in [-0.25, -0.2) is 4.98 Å². The van der Waals surface area contributed by atoms with Crippen LogP contribution in [0.1, 0.15) is 80.7 Å². The SMILES string of the molecule is COc1ccc(-c2c(C)c(NC(=O)CC(C)(C)C)c(C)c3c2OCC3c2ccc(C(C)C)cc2)cn1. The lowest BCUT2D eigenvalue weighted by atomic mass is 9.84. The van der Waals surface area contributed by atoms with Gasteiger partial charge < -0.3 is 14.8 Å². The molecule has 36 heavy (non-hydrogen) atoms. The van der Waals surface area contributed by atoms with Crippen LogP contribution in [-0.4, -0.2) is 24.6 Å². The molecule has 0 bridgehead atoms. The number of hydrogen-bond donors (Lipinski definition) is 1. The molecule has 2 heterocycles. The number of hydrogen-bond acceptors (Lipinski definition) is 4. The molecule has 1 aliphatic heterocycles. The van der Waals surface area contributed by atoms with E-state index in [1.807, 2.05) is 25.3 Å². The number of carbonyl (C=O) groups excluding carboxylic acids is 1. The van der Waals surface area contributed by atoms with Gasteiger partial charge in [-0.2, -0.15) is 0 Å². The predicted octanol–water partition coefficient (Wildman–Crippen LogP) is 7.40. The zero-order valence-corrected chi connectivity index (χ0v) is 22.8. The fraction of sp³-hybridized carbons (Fsp3) is 0.419. The van der Waals surface area contributed by atoms with Gasteiger partial charge in [0.2, 0.25) is 11.8 Å². The average Bonchev–Trinajstić information content (AvgIpc) is 3.26. The Balaban J connectivity index is 1.87. The second-order valence-corrected chi connectivity index (χ2v) is 11.3. The van der Waals surface area contributed by atoms with E-state index in [-0.39, 0.29) is 17.2 Å². The summed E-state index contributed by atoms with van der Waals surface area (Å²) in [5.74, 6) is 2.02. The monoisotopic (exact) mass is 486 g/mol. The molecule has 2 aromatic carbocycles. The molecule has 5 heteroatoms. The van der Waals surface area contributed by atoms with Crippen LogP contribution in [0.5, 0.6) is 11.6 Å². The molecular formula is C31H38N2O3. The van der Waals surface area contributed by atoms with Crippen molar-refractivity contribution in [2.24, 2.45) is 5.41 Å². The zero-order valence-electron chi connectivity index (χ0n) is 22.8. The van der Waals surface area contributed by atoms with E-state index in [1.165, 1.54) is 11.1 Å². The number of carbonyl (C=O) groups is 1. The first kappa shape index (κ1) is 25.7. The van der Waals surface area contributed by atoms with Crippen LogP contribution in [0.2, 0.25) is 0 Å². The summed E-state index contributed by atoms with van der Waals surface area (Å²) in [4.78, 5) is 17.5. The number of anilines is 1. The molecule has 1 unspecified atom stereocenters. The molecule has 1 atom stereocenters. The minimum atomic E-state index is -0.102. The van der Waals surface area contributed by atoms with Crippen molar-refractivity contribution in [3.63, 3.8) is 0 Å². The molecule has 1 aromatic heterocycles. The number of pyridine rings is 1. The molecule has 0 aliphatic carbocycles. The number of methoxy groups -OCH3 is 1. The average molecular weight is 487 g/mol. The summed E-state index contributed by atoms with van der Waals surface area (Å²) in [6.07, 6.45) is 2.25. The van der Waals surface area contributed by atoms with Crippen molar-refractivity contribution in [3.8, 4) is 22.8 Å². The number of fused-ring (bicyclic) bond motifs is 1. The quantitative estimate of drug-likeness (QED) is 0.394. The maximum Gasteiger partial charge on any atom is 0.224 e. The van der Waals surface area contributed by atoms with Gasteiger partial charge in [0.05, 0.1) is 13.7 Å². The van der Waals surface area contributed by atoms with Gasteiger partial charge in [-0.3, -0.25) is 4.79 Å². The van der Waals surface area contributed by atoms with E-state index in [0.717, 1.165) is 39.3 Å². The van der Waals surface area contributed by atoms with Gasteiger partial charge in [-0.15, -0.1) is 0 Å². The van der Waals surface area contributed by atoms with Crippen molar-refractivity contribution in [2.75, 3.05) is 19.0 Å². The second kappa shape index (κ2) is 9.96. The first-order valence-electron chi connectivity index (χ1n) is 12.7. The Hall–Kier alpha value is -3.34. The molecule has 190 valence electrons. The van der Waals surface area contributed by atoms with Gasteiger partial charge in [-0.1, -0.05) is 58.9 Å². The first-order chi connectivity index (χ1) is 17.0. The Labute approximate surface area is 215 Å². The van der Waals surface area contributed by atoms with Gasteiger partial charge in [0.15, 0.2) is 0 Å². The van der Waals surface area contributed by atoms with E-state index >= 15 is 0 Å². The van der Waals surface area contributed by atoms with Gasteiger partial charge in [0, 0.05) is 47.0 Å². The number of ether oxygens (including phenoxy) is 2. The molecular weight excluding hydrogens is 448 g/mol. The normalized spacial score (nSPS) is 15.0. The van der Waals surface area contributed by atoms with Crippen LogP contribution in [0.25, 0.3) is 11.1 Å². The number of rotatable bonds is 6. The predicted molar refractivity (Wildman–Crippen MR) is 146 cm³/mol. The molecule has 4 rings (SSSR count). The summed E-state index contributed by atoms with van der Waals surface area (Å²) in [6, 6.07) is 12.7. The van der Waals surface area contributed by atoms with Crippen LogP contribution in [0, 0.1) is 19.3 Å². The highest BCUT2D eigenvalue weighted by Crippen LogP contribution is 2.51. The molecule has 5 nitrogen and oxygen atoms in total. The minimum absolute atomic E-state index is 0.0178. The van der Waals surface area contributed by atoms with E-state index in [2.05, 4.69) is 76.1 Å². The second-order valence-electron chi connectivity index (χ2n) is 11.3. The summed E-state index contributed by atoms with van der Waals surface area (Å²) in [5, 5.41) is 3.25. The first-order valence-corrected chi connectivity index (χ1v) is 12.7. The van der Waals surface area contributed by atoms with E-state index in [9.17, 15) is 4.79 Å². The van der Waals surface area contributed by atoms with Gasteiger partial charge in [0.25, 0.3) is 0 Å². The zero-order chi connectivity index (χ0) is 26.2. The number of aromatic nitrogens is 1. The van der Waals surface area contributed by atoms with Crippen LogP contribution in [0.15, 0.2) is 42.6 Å². The minimum Gasteiger partial charge on any atom is -0.492 e. The van der Waals surface area contributed by atoms with E-state index in [0.29, 0.717) is 24.8 Å². The van der Waals surface area contributed by atoms with Crippen molar-refractivity contribution in [1.82, 2.24) is 4.98 Å². The van der Waals surface area contributed by atoms with Crippen molar-refractivity contribution in [1.29, 1.82) is 0 Å². The smallest absolute Gasteiger partial charge is 0.224 e. The fourth-order valence-corrected chi connectivity index (χ4v) is 5.06. The number of amides is 1. The summed E-state index contributed by atoms with van der Waals surface area (Å²) >= 11 is 0. The largest absolute Gasteiger partial charge is 0.492 e. The number of nitrogens with zero attached hydrogens (tertiary/aromatic N) is 1. The lowest BCUT2D eigenvalue weighted by Crippen LogP contribution is -2.21. The van der Waals surface area contributed by atoms with Gasteiger partial charge in [0.1, 0.15) is 5.75 Å². The third kappa shape index (κ3) is 5.11. The summed E-state index contributed by atoms with van der Waals surface area (Å²) in [6.45, 7) is 15.4. The van der Waals surface area contributed by atoms with Crippen molar-refractivity contribution in [3.05, 3.63) is 70.4 Å². The Bertz CT molecular complexity index is 1250. The molecule has 0 fully saturated rings. The van der Waals surface area contributed by atoms with Crippen molar-refractivity contribution >= 4 is 11.6 Å². The molecule has 0 spiro atoms. The molecule has 0 radical (unpaired) electrons. The van der Waals surface area contributed by atoms with Crippen LogP contribution >= 0.6 is 0 Å². The molecule has 1 amide bonds. The third-order valence-electron chi connectivity index (χ3n) is 6.94. The van der Waals surface area contributed by atoms with E-state index in [4.69, 9.17) is 9.47 Å². The van der Waals surface area contributed by atoms with Crippen LogP contribution < -0.4 is 14.8 Å². The molecule has 0 saturated carbocycles. The summed E-state index contributed by atoms with van der Waals surface area (Å²) < 4.78 is 11.7.